The molecule has 1 amide bonds. The summed E-state index contributed by atoms with van der Waals surface area (Å²) < 4.78 is 9.90. The zero-order valence-corrected chi connectivity index (χ0v) is 14.6. The van der Waals surface area contributed by atoms with Crippen LogP contribution in [0.2, 0.25) is 0 Å². The average Bonchev–Trinajstić information content (AvgIpc) is 2.59. The van der Waals surface area contributed by atoms with E-state index in [9.17, 15) is 19.7 Å². The van der Waals surface area contributed by atoms with Crippen molar-refractivity contribution in [3.05, 3.63) is 63.2 Å². The summed E-state index contributed by atoms with van der Waals surface area (Å²) in [6.07, 6.45) is 0. The lowest BCUT2D eigenvalue weighted by Crippen LogP contribution is -2.21. The van der Waals surface area contributed by atoms with Gasteiger partial charge in [-0.15, -0.1) is 0 Å². The summed E-state index contributed by atoms with van der Waals surface area (Å²) in [4.78, 5) is 34.5. The van der Waals surface area contributed by atoms with Gasteiger partial charge >= 0.3 is 5.97 Å². The minimum absolute atomic E-state index is 0.0109. The molecule has 0 aliphatic carbocycles. The Morgan fingerprint density at radius 3 is 2.35 bits per heavy atom. The number of carbonyl (C=O) groups is 2. The number of aryl methyl sites for hydroxylation is 2. The molecule has 2 aromatic carbocycles. The molecule has 0 spiro atoms. The van der Waals surface area contributed by atoms with Gasteiger partial charge in [0.25, 0.3) is 11.6 Å². The van der Waals surface area contributed by atoms with Gasteiger partial charge < -0.3 is 14.8 Å². The molecule has 0 aliphatic heterocycles. The van der Waals surface area contributed by atoms with E-state index in [2.05, 4.69) is 5.32 Å². The van der Waals surface area contributed by atoms with Gasteiger partial charge in [-0.05, 0) is 38.1 Å². The third-order valence-corrected chi connectivity index (χ3v) is 3.47. The van der Waals surface area contributed by atoms with Crippen LogP contribution in [-0.2, 0) is 9.53 Å². The van der Waals surface area contributed by atoms with Gasteiger partial charge in [0, 0.05) is 0 Å². The molecule has 0 saturated carbocycles. The average molecular weight is 358 g/mol. The quantitative estimate of drug-likeness (QED) is 0.483. The smallest absolute Gasteiger partial charge is 0.338 e. The van der Waals surface area contributed by atoms with Crippen LogP contribution in [0.15, 0.2) is 36.4 Å². The number of rotatable bonds is 6. The maximum absolute atomic E-state index is 12.0. The predicted molar refractivity (Wildman–Crippen MR) is 94.5 cm³/mol. The Balaban J connectivity index is 2.03. The number of carbonyl (C=O) groups excluding carboxylic acids is 2. The number of amides is 1. The molecule has 2 aromatic rings. The fraction of sp³-hybridized carbons (Fsp3) is 0.222. The number of ether oxygens (including phenoxy) is 2. The van der Waals surface area contributed by atoms with Crippen LogP contribution in [0.25, 0.3) is 0 Å². The van der Waals surface area contributed by atoms with Gasteiger partial charge in [-0.1, -0.05) is 17.2 Å². The Morgan fingerprint density at radius 1 is 1.12 bits per heavy atom. The minimum atomic E-state index is -0.684. The van der Waals surface area contributed by atoms with E-state index in [0.29, 0.717) is 5.56 Å². The topological polar surface area (TPSA) is 108 Å². The molecule has 0 unspecified atom stereocenters. The summed E-state index contributed by atoms with van der Waals surface area (Å²) in [5.74, 6) is -1.04. The molecule has 0 aliphatic rings. The van der Waals surface area contributed by atoms with Crippen LogP contribution < -0.4 is 10.1 Å². The van der Waals surface area contributed by atoms with Crippen LogP contribution in [0.5, 0.6) is 5.75 Å². The zero-order chi connectivity index (χ0) is 19.3. The molecule has 8 nitrogen and oxygen atoms in total. The lowest BCUT2D eigenvalue weighted by Gasteiger charge is -2.09. The van der Waals surface area contributed by atoms with Crippen molar-refractivity contribution < 1.29 is 24.0 Å². The number of hydrogen-bond acceptors (Lipinski definition) is 6. The monoisotopic (exact) mass is 358 g/mol. The fourth-order valence-electron chi connectivity index (χ4n) is 2.39. The van der Waals surface area contributed by atoms with Crippen molar-refractivity contribution in [1.29, 1.82) is 0 Å². The molecule has 0 radical (unpaired) electrons. The maximum Gasteiger partial charge on any atom is 0.338 e. The third kappa shape index (κ3) is 4.79. The summed E-state index contributed by atoms with van der Waals surface area (Å²) in [6.45, 7) is 3.13. The van der Waals surface area contributed by atoms with E-state index in [1.807, 2.05) is 19.9 Å². The van der Waals surface area contributed by atoms with Gasteiger partial charge in [0.15, 0.2) is 6.61 Å². The lowest BCUT2D eigenvalue weighted by molar-refractivity contribution is -0.384. The first-order valence-electron chi connectivity index (χ1n) is 7.68. The first-order valence-corrected chi connectivity index (χ1v) is 7.68. The Kier molecular flexibility index (Phi) is 5.90. The molecule has 0 aromatic heterocycles. The normalized spacial score (nSPS) is 10.1. The minimum Gasteiger partial charge on any atom is -0.496 e. The Bertz CT molecular complexity index is 843. The number of nitrogens with zero attached hydrogens (tertiary/aromatic N) is 1. The molecular formula is C18H18N2O6. The highest BCUT2D eigenvalue weighted by molar-refractivity contribution is 5.97. The standard InChI is InChI=1S/C18H18N2O6/c1-11-6-12(2)8-13(7-11)18(22)26-10-17(21)19-15-5-4-14(25-3)9-16(15)20(23)24/h4-9H,10H2,1-3H3,(H,19,21). The van der Waals surface area contributed by atoms with E-state index in [-0.39, 0.29) is 17.1 Å². The molecule has 0 saturated heterocycles. The molecule has 136 valence electrons. The summed E-state index contributed by atoms with van der Waals surface area (Å²) in [5, 5.41) is 13.5. The molecule has 0 heterocycles. The number of benzene rings is 2. The van der Waals surface area contributed by atoms with Crippen molar-refractivity contribution in [2.75, 3.05) is 19.0 Å². The number of nitro groups is 1. The van der Waals surface area contributed by atoms with Crippen molar-refractivity contribution in [3.8, 4) is 5.75 Å². The molecule has 8 heteroatoms. The molecule has 0 fully saturated rings. The maximum atomic E-state index is 12.0. The van der Waals surface area contributed by atoms with Crippen LogP contribution >= 0.6 is 0 Å². The van der Waals surface area contributed by atoms with Crippen molar-refractivity contribution in [1.82, 2.24) is 0 Å². The second-order valence-corrected chi connectivity index (χ2v) is 5.64. The van der Waals surface area contributed by atoms with Crippen LogP contribution in [0, 0.1) is 24.0 Å². The van der Waals surface area contributed by atoms with E-state index in [1.54, 1.807) is 12.1 Å². The van der Waals surface area contributed by atoms with Crippen LogP contribution in [0.4, 0.5) is 11.4 Å². The first kappa shape index (κ1) is 18.9. The van der Waals surface area contributed by atoms with Crippen molar-refractivity contribution in [2.45, 2.75) is 13.8 Å². The van der Waals surface area contributed by atoms with Gasteiger partial charge in [-0.2, -0.15) is 0 Å². The number of hydrogen-bond donors (Lipinski definition) is 1. The molecule has 1 N–H and O–H groups in total. The van der Waals surface area contributed by atoms with Gasteiger partial charge in [0.1, 0.15) is 11.4 Å². The molecular weight excluding hydrogens is 340 g/mol. The number of esters is 1. The highest BCUT2D eigenvalue weighted by Crippen LogP contribution is 2.28. The van der Waals surface area contributed by atoms with Crippen molar-refractivity contribution in [2.24, 2.45) is 0 Å². The number of anilines is 1. The van der Waals surface area contributed by atoms with E-state index in [4.69, 9.17) is 9.47 Å². The molecule has 0 bridgehead atoms. The summed E-state index contributed by atoms with van der Waals surface area (Å²) in [7, 11) is 1.38. The number of nitrogens with one attached hydrogen (secondary N) is 1. The zero-order valence-electron chi connectivity index (χ0n) is 14.6. The fourth-order valence-corrected chi connectivity index (χ4v) is 2.39. The molecule has 0 atom stereocenters. The number of nitro benzene ring substituents is 1. The highest BCUT2D eigenvalue weighted by atomic mass is 16.6. The van der Waals surface area contributed by atoms with Crippen LogP contribution in [0.1, 0.15) is 21.5 Å². The van der Waals surface area contributed by atoms with Gasteiger partial charge in [0.05, 0.1) is 23.7 Å². The largest absolute Gasteiger partial charge is 0.496 e. The molecule has 26 heavy (non-hydrogen) atoms. The van der Waals surface area contributed by atoms with E-state index in [0.717, 1.165) is 11.1 Å². The van der Waals surface area contributed by atoms with E-state index < -0.39 is 23.4 Å². The molecule has 2 rings (SSSR count). The highest BCUT2D eigenvalue weighted by Gasteiger charge is 2.18. The summed E-state index contributed by atoms with van der Waals surface area (Å²) in [5.41, 5.74) is 1.80. The Labute approximate surface area is 149 Å². The van der Waals surface area contributed by atoms with Gasteiger partial charge in [-0.3, -0.25) is 14.9 Å². The van der Waals surface area contributed by atoms with E-state index >= 15 is 0 Å². The number of methoxy groups -OCH3 is 1. The van der Waals surface area contributed by atoms with Gasteiger partial charge in [0.2, 0.25) is 0 Å². The van der Waals surface area contributed by atoms with E-state index in [1.165, 1.54) is 25.3 Å². The third-order valence-electron chi connectivity index (χ3n) is 3.47. The second-order valence-electron chi connectivity index (χ2n) is 5.64. The van der Waals surface area contributed by atoms with Crippen LogP contribution in [0.3, 0.4) is 0 Å². The Morgan fingerprint density at radius 2 is 1.77 bits per heavy atom. The van der Waals surface area contributed by atoms with Crippen LogP contribution in [-0.4, -0.2) is 30.5 Å². The summed E-state index contributed by atoms with van der Waals surface area (Å²) >= 11 is 0. The first-order chi connectivity index (χ1) is 12.3. The lowest BCUT2D eigenvalue weighted by atomic mass is 10.1. The van der Waals surface area contributed by atoms with Gasteiger partial charge in [-0.25, -0.2) is 4.79 Å². The Hall–Kier alpha value is -3.42. The van der Waals surface area contributed by atoms with Crippen molar-refractivity contribution >= 4 is 23.3 Å². The second kappa shape index (κ2) is 8.11. The SMILES string of the molecule is COc1ccc(NC(=O)COC(=O)c2cc(C)cc(C)c2)c([N+](=O)[O-])c1. The summed E-state index contributed by atoms with van der Waals surface area (Å²) in [6, 6.07) is 9.23. The van der Waals surface area contributed by atoms with Crippen molar-refractivity contribution in [3.63, 3.8) is 0 Å². The predicted octanol–water partition coefficient (Wildman–Crippen LogP) is 3.02.